The molecule has 6 atom stereocenters. The maximum absolute atomic E-state index is 2.41. The molecular weight excluding hydrogens is 1790 g/mol. The van der Waals surface area contributed by atoms with Crippen LogP contribution in [0.4, 0.5) is 0 Å². The molecule has 139 heavy (non-hydrogen) atoms. The van der Waals surface area contributed by atoms with Gasteiger partial charge in [0.25, 0.3) is 0 Å². The minimum absolute atomic E-state index is 0.433. The lowest BCUT2D eigenvalue weighted by atomic mass is 9.90. The van der Waals surface area contributed by atoms with Gasteiger partial charge in [-0.3, -0.25) is 0 Å². The Labute approximate surface area is 852 Å². The number of hydrogen-bond acceptors (Lipinski definition) is 6. The maximum Gasteiger partial charge on any atom is 0.0158 e. The molecule has 0 nitrogen and oxygen atoms in total. The molecule has 6 unspecified atom stereocenters. The molecular formula is C133H122S6. The average Bonchev–Trinajstić information content (AvgIpc) is 0.809. The summed E-state index contributed by atoms with van der Waals surface area (Å²) in [7, 11) is 0. The fourth-order valence-electron chi connectivity index (χ4n) is 19.5. The SMILES string of the molecule is CCc1ccc(C(C)c2ccc3c(c2)Cc2ccccc2S3)cc1.Cc1ccc(C(C)c2ccc3c(c2)Cc2ccccc2S3)cc1.Cc1ccc(C(C)c2ccc3c(c2)Cc2ccccc2S3)cc1.Cc1ccc(C(C)c2ccc3c(c2)Cc2ccccc2S3)cc1.Cc1ccc(C(C)c2ccc3c(c2)Cc2ccccc2S3)cc1.Cc1ccc(C(C)c2ccc3c(c2)Cc2ccccc2S3)cc1. The maximum atomic E-state index is 2.41. The number of fused-ring (bicyclic) bond motifs is 12. The molecule has 690 valence electrons. The van der Waals surface area contributed by atoms with Gasteiger partial charge in [0.2, 0.25) is 0 Å². The highest BCUT2D eigenvalue weighted by atomic mass is 32.2. The number of aryl methyl sites for hydroxylation is 6. The lowest BCUT2D eigenvalue weighted by Gasteiger charge is -2.21. The van der Waals surface area contributed by atoms with Crippen molar-refractivity contribution in [2.75, 3.05) is 0 Å². The Bertz CT molecular complexity index is 6520. The zero-order valence-corrected chi connectivity index (χ0v) is 86.9. The molecule has 0 aliphatic carbocycles. The second-order valence-corrected chi connectivity index (χ2v) is 45.0. The monoisotopic (exact) mass is 1910 g/mol. The Balaban J connectivity index is 0.000000106. The molecule has 0 N–H and O–H groups in total. The molecule has 0 amide bonds. The molecule has 0 radical (unpaired) electrons. The fraction of sp³-hybridized carbons (Fsp3) is 0.188. The van der Waals surface area contributed by atoms with E-state index < -0.39 is 0 Å². The highest BCUT2D eigenvalue weighted by Gasteiger charge is 2.27. The lowest BCUT2D eigenvalue weighted by Crippen LogP contribution is -2.03. The quantitative estimate of drug-likeness (QED) is 0.112. The molecule has 0 saturated heterocycles. The van der Waals surface area contributed by atoms with Crippen molar-refractivity contribution < 1.29 is 0 Å². The van der Waals surface area contributed by atoms with E-state index in [1.807, 2.05) is 70.6 Å². The fourth-order valence-corrected chi connectivity index (χ4v) is 25.9. The van der Waals surface area contributed by atoms with Crippen LogP contribution in [0.1, 0.15) is 251 Å². The van der Waals surface area contributed by atoms with Crippen molar-refractivity contribution in [1.29, 1.82) is 0 Å². The Morgan fingerprint density at radius 3 is 0.453 bits per heavy atom. The van der Waals surface area contributed by atoms with Gasteiger partial charge in [0.05, 0.1) is 0 Å². The molecule has 6 aliphatic heterocycles. The minimum Gasteiger partial charge on any atom is -0.0895 e. The predicted octanol–water partition coefficient (Wildman–Crippen LogP) is 37.5. The summed E-state index contributed by atoms with van der Waals surface area (Å²) in [4.78, 5) is 16.9. The molecule has 0 fully saturated rings. The van der Waals surface area contributed by atoms with Gasteiger partial charge in [-0.2, -0.15) is 0 Å². The van der Waals surface area contributed by atoms with Gasteiger partial charge in [0, 0.05) is 94.3 Å². The van der Waals surface area contributed by atoms with Crippen molar-refractivity contribution in [2.45, 2.75) is 222 Å². The number of rotatable bonds is 13. The Morgan fingerprint density at radius 2 is 0.295 bits per heavy atom. The van der Waals surface area contributed by atoms with Crippen LogP contribution in [0.15, 0.2) is 459 Å². The molecule has 18 aromatic rings. The molecule has 6 aliphatic rings. The van der Waals surface area contributed by atoms with Gasteiger partial charge in [0.15, 0.2) is 0 Å². The van der Waals surface area contributed by atoms with Gasteiger partial charge in [-0.25, -0.2) is 0 Å². The van der Waals surface area contributed by atoms with Crippen LogP contribution in [0.3, 0.4) is 0 Å². The zero-order valence-electron chi connectivity index (χ0n) is 82.0. The lowest BCUT2D eigenvalue weighted by molar-refractivity contribution is 0.906. The predicted molar refractivity (Wildman–Crippen MR) is 596 cm³/mol. The highest BCUT2D eigenvalue weighted by Crippen LogP contribution is 2.49. The third-order valence-electron chi connectivity index (χ3n) is 28.7. The van der Waals surface area contributed by atoms with E-state index >= 15 is 0 Å². The van der Waals surface area contributed by atoms with Gasteiger partial charge in [-0.1, -0.05) is 474 Å². The Hall–Kier alpha value is -11.9. The summed E-state index contributed by atoms with van der Waals surface area (Å²) in [6, 6.07) is 148. The first-order chi connectivity index (χ1) is 67.8. The second kappa shape index (κ2) is 44.3. The molecule has 0 spiro atoms. The first kappa shape index (κ1) is 96.0. The largest absolute Gasteiger partial charge is 0.0895 e. The molecule has 0 aromatic heterocycles. The third kappa shape index (κ3) is 23.1. The topological polar surface area (TPSA) is 0 Å². The molecule has 24 rings (SSSR count). The van der Waals surface area contributed by atoms with Crippen molar-refractivity contribution in [3.05, 3.63) is 567 Å². The standard InChI is InChI=1S/C23H22S.5C22H20S/c1-3-17-8-10-18(11-9-17)16(2)19-12-13-23-21(14-19)15-20-6-4-5-7-22(20)24-23;5*1-15-7-9-17(10-8-15)16(2)18-11-12-22-20(13-18)14-19-5-3-4-6-21(19)23-22/h4-14,16H,3,15H2,1-2H3;5*3-13,16H,14H2,1-2H3. The van der Waals surface area contributed by atoms with Gasteiger partial charge in [-0.15, -0.1) is 0 Å². The van der Waals surface area contributed by atoms with E-state index in [2.05, 4.69) is 483 Å². The van der Waals surface area contributed by atoms with Crippen LogP contribution in [0, 0.1) is 34.6 Å². The number of hydrogen-bond donors (Lipinski definition) is 0. The molecule has 6 heteroatoms. The van der Waals surface area contributed by atoms with Gasteiger partial charge in [0.1, 0.15) is 0 Å². The summed E-state index contributed by atoms with van der Waals surface area (Å²) < 4.78 is 0. The van der Waals surface area contributed by atoms with E-state index in [-0.39, 0.29) is 0 Å². The van der Waals surface area contributed by atoms with E-state index in [1.54, 1.807) is 0 Å². The van der Waals surface area contributed by atoms with Crippen molar-refractivity contribution in [2.24, 2.45) is 0 Å². The number of benzene rings is 18. The van der Waals surface area contributed by atoms with Gasteiger partial charge in [-0.05, 0) is 291 Å². The first-order valence-corrected chi connectivity index (χ1v) is 54.4. The minimum atomic E-state index is 0.433. The molecule has 0 bridgehead atoms. The summed E-state index contributed by atoms with van der Waals surface area (Å²) in [6.45, 7) is 26.7. The van der Waals surface area contributed by atoms with Crippen LogP contribution in [-0.2, 0) is 44.9 Å². The van der Waals surface area contributed by atoms with Crippen LogP contribution in [0.2, 0.25) is 0 Å². The summed E-state index contributed by atoms with van der Waals surface area (Å²) in [5.41, 5.74) is 42.3. The van der Waals surface area contributed by atoms with Gasteiger partial charge >= 0.3 is 0 Å². The summed E-state index contributed by atoms with van der Waals surface area (Å²) in [5, 5.41) is 0. The highest BCUT2D eigenvalue weighted by molar-refractivity contribution is 8.00. The van der Waals surface area contributed by atoms with Crippen LogP contribution < -0.4 is 0 Å². The Kier molecular flexibility index (Phi) is 30.6. The summed E-state index contributed by atoms with van der Waals surface area (Å²) in [5.74, 6) is 2.60. The Morgan fingerprint density at radius 1 is 0.158 bits per heavy atom. The van der Waals surface area contributed by atoms with Crippen molar-refractivity contribution in [3.8, 4) is 0 Å². The second-order valence-electron chi connectivity index (χ2n) is 38.5. The van der Waals surface area contributed by atoms with Crippen molar-refractivity contribution in [3.63, 3.8) is 0 Å². The average molecular weight is 1910 g/mol. The van der Waals surface area contributed by atoms with E-state index in [0.29, 0.717) is 35.5 Å². The molecule has 18 aromatic carbocycles. The third-order valence-corrected chi connectivity index (χ3v) is 36.1. The smallest absolute Gasteiger partial charge is 0.0158 e. The first-order valence-electron chi connectivity index (χ1n) is 49.5. The van der Waals surface area contributed by atoms with Crippen LogP contribution in [0.25, 0.3) is 0 Å². The summed E-state index contributed by atoms with van der Waals surface area (Å²) >= 11 is 11.4. The van der Waals surface area contributed by atoms with Crippen LogP contribution in [-0.4, -0.2) is 0 Å². The van der Waals surface area contributed by atoms with E-state index in [4.69, 9.17) is 0 Å². The normalized spacial score (nSPS) is 14.0. The molecule has 0 saturated carbocycles. The van der Waals surface area contributed by atoms with Crippen LogP contribution >= 0.6 is 70.6 Å². The van der Waals surface area contributed by atoms with Gasteiger partial charge < -0.3 is 0 Å². The summed E-state index contributed by atoms with van der Waals surface area (Å²) in [6.07, 6.45) is 7.39. The van der Waals surface area contributed by atoms with Crippen LogP contribution in [0.5, 0.6) is 0 Å². The van der Waals surface area contributed by atoms with E-state index in [1.165, 1.54) is 226 Å². The van der Waals surface area contributed by atoms with Crippen molar-refractivity contribution >= 4 is 70.6 Å². The van der Waals surface area contributed by atoms with E-state index in [9.17, 15) is 0 Å². The zero-order chi connectivity index (χ0) is 95.6. The van der Waals surface area contributed by atoms with E-state index in [0.717, 1.165) is 44.9 Å². The van der Waals surface area contributed by atoms with Crippen molar-refractivity contribution in [1.82, 2.24) is 0 Å². The molecule has 6 heterocycles.